The predicted molar refractivity (Wildman–Crippen MR) is 83.2 cm³/mol. The molecule has 0 bridgehead atoms. The molecule has 0 aliphatic carbocycles. The van der Waals surface area contributed by atoms with E-state index in [2.05, 4.69) is 0 Å². The average Bonchev–Trinajstić information content (AvgIpc) is 2.93. The topological polar surface area (TPSA) is 49.8 Å². The molecule has 1 amide bonds. The van der Waals surface area contributed by atoms with Gasteiger partial charge >= 0.3 is 12.3 Å². The van der Waals surface area contributed by atoms with Crippen LogP contribution in [0.2, 0.25) is 0 Å². The summed E-state index contributed by atoms with van der Waals surface area (Å²) in [5.74, 6) is -0.202. The van der Waals surface area contributed by atoms with E-state index in [1.807, 2.05) is 0 Å². The highest BCUT2D eigenvalue weighted by Crippen LogP contribution is 2.32. The average molecular weight is 343 g/mol. The van der Waals surface area contributed by atoms with Crippen LogP contribution in [0, 0.1) is 0 Å². The van der Waals surface area contributed by atoms with Gasteiger partial charge in [0.1, 0.15) is 11.4 Å². The lowest BCUT2D eigenvalue weighted by Crippen LogP contribution is -2.34. The number of likely N-dealkylation sites (tertiary alicyclic amines) is 1. The highest BCUT2D eigenvalue weighted by atomic mass is 19.4. The van der Waals surface area contributed by atoms with E-state index in [1.54, 1.807) is 20.8 Å². The van der Waals surface area contributed by atoms with Crippen molar-refractivity contribution in [3.8, 4) is 0 Å². The molecule has 1 saturated heterocycles. The van der Waals surface area contributed by atoms with E-state index >= 15 is 0 Å². The number of halogens is 3. The monoisotopic (exact) mass is 343 g/mol. The number of amides is 1. The SMILES string of the molecule is CC(C)(C)OC(=O)N1CCC/C1=C(/O)c1ccc(C(F)(F)F)cc1. The summed E-state index contributed by atoms with van der Waals surface area (Å²) in [5.41, 5.74) is -0.869. The number of hydrogen-bond donors (Lipinski definition) is 1. The van der Waals surface area contributed by atoms with Crippen molar-refractivity contribution in [3.05, 3.63) is 41.1 Å². The zero-order valence-electron chi connectivity index (χ0n) is 13.8. The second-order valence-corrected chi connectivity index (χ2v) is 6.61. The molecule has 24 heavy (non-hydrogen) atoms. The van der Waals surface area contributed by atoms with Gasteiger partial charge in [-0.05, 0) is 45.7 Å². The maximum Gasteiger partial charge on any atom is 0.416 e. The first-order chi connectivity index (χ1) is 11.0. The van der Waals surface area contributed by atoms with Crippen molar-refractivity contribution in [2.24, 2.45) is 0 Å². The Morgan fingerprint density at radius 3 is 2.25 bits per heavy atom. The molecule has 0 atom stereocenters. The van der Waals surface area contributed by atoms with E-state index in [9.17, 15) is 23.1 Å². The molecule has 2 rings (SSSR count). The summed E-state index contributed by atoms with van der Waals surface area (Å²) < 4.78 is 43.1. The van der Waals surface area contributed by atoms with Gasteiger partial charge in [-0.25, -0.2) is 4.79 Å². The molecular formula is C17H20F3NO3. The molecule has 0 saturated carbocycles. The van der Waals surface area contributed by atoms with Crippen LogP contribution in [0.1, 0.15) is 44.7 Å². The fourth-order valence-electron chi connectivity index (χ4n) is 2.42. The van der Waals surface area contributed by atoms with Gasteiger partial charge < -0.3 is 9.84 Å². The van der Waals surface area contributed by atoms with Gasteiger partial charge in [0, 0.05) is 12.1 Å². The second kappa shape index (κ2) is 6.37. The van der Waals surface area contributed by atoms with Crippen molar-refractivity contribution in [2.75, 3.05) is 6.54 Å². The molecule has 1 N–H and O–H groups in total. The smallest absolute Gasteiger partial charge is 0.416 e. The van der Waals surface area contributed by atoms with E-state index in [4.69, 9.17) is 4.74 Å². The fraction of sp³-hybridized carbons (Fsp3) is 0.471. The lowest BCUT2D eigenvalue weighted by molar-refractivity contribution is -0.137. The van der Waals surface area contributed by atoms with E-state index in [1.165, 1.54) is 17.0 Å². The Kier molecular flexibility index (Phi) is 4.82. The molecule has 7 heteroatoms. The number of carbonyl (C=O) groups is 1. The van der Waals surface area contributed by atoms with Gasteiger partial charge in [0.15, 0.2) is 0 Å². The van der Waals surface area contributed by atoms with Gasteiger partial charge in [0.05, 0.1) is 11.3 Å². The number of rotatable bonds is 1. The van der Waals surface area contributed by atoms with E-state index in [0.717, 1.165) is 12.1 Å². The molecule has 1 aromatic rings. The van der Waals surface area contributed by atoms with Crippen LogP contribution in [0.15, 0.2) is 30.0 Å². The Bertz CT molecular complexity index is 643. The minimum Gasteiger partial charge on any atom is -0.505 e. The maximum absolute atomic E-state index is 12.6. The number of allylic oxidation sites excluding steroid dienone is 1. The van der Waals surface area contributed by atoms with Crippen LogP contribution in [0.5, 0.6) is 0 Å². The number of ether oxygens (including phenoxy) is 1. The molecule has 0 aromatic heterocycles. The molecule has 0 radical (unpaired) electrons. The van der Waals surface area contributed by atoms with Gasteiger partial charge in [-0.3, -0.25) is 4.90 Å². The first-order valence-electron chi connectivity index (χ1n) is 7.59. The van der Waals surface area contributed by atoms with Crippen molar-refractivity contribution < 1.29 is 27.8 Å². The van der Waals surface area contributed by atoms with Gasteiger partial charge in [-0.1, -0.05) is 12.1 Å². The highest BCUT2D eigenvalue weighted by Gasteiger charge is 2.32. The third-order valence-electron chi connectivity index (χ3n) is 3.49. The van der Waals surface area contributed by atoms with Gasteiger partial charge in [0.25, 0.3) is 0 Å². The van der Waals surface area contributed by atoms with Gasteiger partial charge in [-0.2, -0.15) is 13.2 Å². The number of carbonyl (C=O) groups excluding carboxylic acids is 1. The normalized spacial score (nSPS) is 17.8. The minimum absolute atomic E-state index is 0.202. The highest BCUT2D eigenvalue weighted by molar-refractivity contribution is 5.75. The molecule has 1 aliphatic heterocycles. The number of benzene rings is 1. The van der Waals surface area contributed by atoms with Gasteiger partial charge in [0.2, 0.25) is 0 Å². The quantitative estimate of drug-likeness (QED) is 0.733. The summed E-state index contributed by atoms with van der Waals surface area (Å²) in [6.45, 7) is 5.61. The van der Waals surface area contributed by atoms with Gasteiger partial charge in [-0.15, -0.1) is 0 Å². The molecule has 4 nitrogen and oxygen atoms in total. The minimum atomic E-state index is -4.43. The molecule has 132 valence electrons. The number of hydrogen-bond acceptors (Lipinski definition) is 3. The molecule has 1 aliphatic rings. The number of aliphatic hydroxyl groups is 1. The van der Waals surface area contributed by atoms with E-state index in [0.29, 0.717) is 25.1 Å². The summed E-state index contributed by atoms with van der Waals surface area (Å²) in [7, 11) is 0. The van der Waals surface area contributed by atoms with Crippen LogP contribution in [-0.2, 0) is 10.9 Å². The van der Waals surface area contributed by atoms with Crippen molar-refractivity contribution in [1.29, 1.82) is 0 Å². The molecule has 1 fully saturated rings. The van der Waals surface area contributed by atoms with Crippen LogP contribution in [0.3, 0.4) is 0 Å². The molecule has 0 unspecified atom stereocenters. The van der Waals surface area contributed by atoms with Crippen LogP contribution in [0.4, 0.5) is 18.0 Å². The molecule has 1 heterocycles. The van der Waals surface area contributed by atoms with Crippen LogP contribution in [0.25, 0.3) is 5.76 Å². The zero-order valence-corrected chi connectivity index (χ0v) is 13.8. The van der Waals surface area contributed by atoms with E-state index < -0.39 is 23.4 Å². The number of nitrogens with zero attached hydrogens (tertiary/aromatic N) is 1. The molecule has 1 aromatic carbocycles. The summed E-state index contributed by atoms with van der Waals surface area (Å²) in [5, 5.41) is 10.4. The number of aliphatic hydroxyl groups excluding tert-OH is 1. The summed E-state index contributed by atoms with van der Waals surface area (Å²) in [6, 6.07) is 4.19. The third-order valence-corrected chi connectivity index (χ3v) is 3.49. The van der Waals surface area contributed by atoms with Crippen molar-refractivity contribution in [1.82, 2.24) is 4.90 Å². The first kappa shape index (κ1) is 18.2. The van der Waals surface area contributed by atoms with Crippen molar-refractivity contribution in [2.45, 2.75) is 45.4 Å². The molecular weight excluding hydrogens is 323 g/mol. The van der Waals surface area contributed by atoms with Crippen molar-refractivity contribution >= 4 is 11.9 Å². The Labute approximate surface area is 138 Å². The Balaban J connectivity index is 2.27. The zero-order chi connectivity index (χ0) is 18.1. The molecule has 0 spiro atoms. The second-order valence-electron chi connectivity index (χ2n) is 6.61. The third kappa shape index (κ3) is 4.21. The Morgan fingerprint density at radius 2 is 1.75 bits per heavy atom. The standard InChI is InChI=1S/C17H20F3NO3/c1-16(2,3)24-15(23)21-10-4-5-13(21)14(22)11-6-8-12(9-7-11)17(18,19)20/h6-9,22H,4-5,10H2,1-3H3/b14-13-. The van der Waals surface area contributed by atoms with Crippen LogP contribution < -0.4 is 0 Å². The lowest BCUT2D eigenvalue weighted by Gasteiger charge is -2.25. The summed E-state index contributed by atoms with van der Waals surface area (Å²) in [6.07, 6.45) is -3.91. The van der Waals surface area contributed by atoms with E-state index in [-0.39, 0.29) is 11.3 Å². The van der Waals surface area contributed by atoms with Crippen LogP contribution in [-0.4, -0.2) is 28.2 Å². The predicted octanol–water partition coefficient (Wildman–Crippen LogP) is 4.96. The summed E-state index contributed by atoms with van der Waals surface area (Å²) >= 11 is 0. The fourth-order valence-corrected chi connectivity index (χ4v) is 2.42. The van der Waals surface area contributed by atoms with Crippen molar-refractivity contribution in [3.63, 3.8) is 0 Å². The lowest BCUT2D eigenvalue weighted by atomic mass is 10.1. The summed E-state index contributed by atoms with van der Waals surface area (Å²) in [4.78, 5) is 13.5. The Hall–Kier alpha value is -2.18. The largest absolute Gasteiger partial charge is 0.505 e. The Morgan fingerprint density at radius 1 is 1.17 bits per heavy atom. The maximum atomic E-state index is 12.6. The number of alkyl halides is 3. The first-order valence-corrected chi connectivity index (χ1v) is 7.59. The van der Waals surface area contributed by atoms with Crippen LogP contribution >= 0.6 is 0 Å².